The highest BCUT2D eigenvalue weighted by molar-refractivity contribution is 6.10. The first-order chi connectivity index (χ1) is 14.7. The average molecular weight is 424 g/mol. The van der Waals surface area contributed by atoms with E-state index in [2.05, 4.69) is 36.4 Å². The van der Waals surface area contributed by atoms with Crippen molar-refractivity contribution in [2.75, 3.05) is 37.9 Å². The number of aromatic nitrogens is 1. The van der Waals surface area contributed by atoms with E-state index in [0.717, 1.165) is 23.8 Å². The molecule has 8 heteroatoms. The molecule has 2 N–H and O–H groups in total. The molecule has 4 rings (SSSR count). The van der Waals surface area contributed by atoms with Crippen LogP contribution in [0.5, 0.6) is 11.5 Å². The molecular weight excluding hydrogens is 394 g/mol. The van der Waals surface area contributed by atoms with Gasteiger partial charge in [0, 0.05) is 18.8 Å². The molecule has 1 spiro atoms. The van der Waals surface area contributed by atoms with Crippen molar-refractivity contribution in [1.82, 2.24) is 9.88 Å². The Morgan fingerprint density at radius 3 is 2.74 bits per heavy atom. The third-order valence-corrected chi connectivity index (χ3v) is 5.51. The number of aliphatic imine (C=N–C) groups is 1. The van der Waals surface area contributed by atoms with Crippen molar-refractivity contribution >= 4 is 23.2 Å². The van der Waals surface area contributed by atoms with Gasteiger partial charge in [0.05, 0.1) is 37.6 Å². The zero-order valence-corrected chi connectivity index (χ0v) is 18.7. The van der Waals surface area contributed by atoms with Crippen LogP contribution in [-0.2, 0) is 0 Å². The van der Waals surface area contributed by atoms with E-state index in [4.69, 9.17) is 14.5 Å². The van der Waals surface area contributed by atoms with Gasteiger partial charge in [0.1, 0.15) is 22.9 Å². The second kappa shape index (κ2) is 7.76. The fourth-order valence-corrected chi connectivity index (χ4v) is 4.05. The van der Waals surface area contributed by atoms with E-state index >= 15 is 0 Å². The monoisotopic (exact) mass is 423 g/mol. The van der Waals surface area contributed by atoms with Gasteiger partial charge in [-0.05, 0) is 51.5 Å². The zero-order chi connectivity index (χ0) is 22.2. The average Bonchev–Trinajstić information content (AvgIpc) is 3.17. The predicted octanol–water partition coefficient (Wildman–Crippen LogP) is 3.42. The quantitative estimate of drug-likeness (QED) is 0.787. The number of anilines is 2. The van der Waals surface area contributed by atoms with Crippen molar-refractivity contribution in [3.05, 3.63) is 42.1 Å². The van der Waals surface area contributed by atoms with Gasteiger partial charge in [-0.15, -0.1) is 0 Å². The van der Waals surface area contributed by atoms with Gasteiger partial charge >= 0.3 is 0 Å². The number of fused-ring (bicyclic) bond motifs is 1. The fraction of sp³-hybridized carbons (Fsp3) is 0.435. The Morgan fingerprint density at radius 2 is 2.03 bits per heavy atom. The van der Waals surface area contributed by atoms with Crippen LogP contribution in [0.3, 0.4) is 0 Å². The highest BCUT2D eigenvalue weighted by Crippen LogP contribution is 2.37. The molecule has 2 aromatic rings. The number of hydrogen-bond acceptors (Lipinski definition) is 6. The number of nitrogens with zero attached hydrogens (tertiary/aromatic N) is 3. The molecule has 1 atom stereocenters. The summed E-state index contributed by atoms with van der Waals surface area (Å²) in [5.41, 5.74) is 0.644. The normalized spacial score (nSPS) is 21.5. The molecular formula is C23H29N5O3. The van der Waals surface area contributed by atoms with Gasteiger partial charge in [-0.3, -0.25) is 9.79 Å². The molecule has 0 radical (unpaired) electrons. The second-order valence-corrected chi connectivity index (χ2v) is 8.91. The number of rotatable bonds is 3. The summed E-state index contributed by atoms with van der Waals surface area (Å²) in [5, 5.41) is 7.05. The van der Waals surface area contributed by atoms with Gasteiger partial charge in [0.2, 0.25) is 0 Å². The van der Waals surface area contributed by atoms with Crippen LogP contribution in [-0.4, -0.2) is 60.0 Å². The van der Waals surface area contributed by atoms with Crippen molar-refractivity contribution in [3.63, 3.8) is 0 Å². The van der Waals surface area contributed by atoms with Crippen LogP contribution < -0.4 is 20.1 Å². The number of hydrogen-bond donors (Lipinski definition) is 2. The van der Waals surface area contributed by atoms with Crippen LogP contribution in [0.1, 0.15) is 37.6 Å². The number of amidine groups is 1. The molecule has 1 saturated heterocycles. The van der Waals surface area contributed by atoms with Crippen LogP contribution in [0, 0.1) is 0 Å². The Labute approximate surface area is 182 Å². The number of amides is 1. The van der Waals surface area contributed by atoms with Crippen molar-refractivity contribution in [2.24, 2.45) is 4.99 Å². The molecule has 2 aliphatic rings. The second-order valence-electron chi connectivity index (χ2n) is 8.91. The number of carbonyl (C=O) groups is 1. The molecule has 3 heterocycles. The zero-order valence-electron chi connectivity index (χ0n) is 18.7. The number of benzene rings is 1. The summed E-state index contributed by atoms with van der Waals surface area (Å²) < 4.78 is 10.7. The predicted molar refractivity (Wildman–Crippen MR) is 121 cm³/mol. The van der Waals surface area contributed by atoms with Crippen LogP contribution >= 0.6 is 0 Å². The summed E-state index contributed by atoms with van der Waals surface area (Å²) in [7, 11) is 3.15. The largest absolute Gasteiger partial charge is 0.497 e. The maximum Gasteiger partial charge on any atom is 0.257 e. The summed E-state index contributed by atoms with van der Waals surface area (Å²) >= 11 is 0. The van der Waals surface area contributed by atoms with Crippen molar-refractivity contribution in [2.45, 2.75) is 38.3 Å². The highest BCUT2D eigenvalue weighted by Gasteiger charge is 2.48. The fourth-order valence-electron chi connectivity index (χ4n) is 4.05. The lowest BCUT2D eigenvalue weighted by Crippen LogP contribution is -2.55. The lowest BCUT2D eigenvalue weighted by atomic mass is 9.93. The molecule has 0 saturated carbocycles. The van der Waals surface area contributed by atoms with Crippen LogP contribution in [0.2, 0.25) is 0 Å². The maximum absolute atomic E-state index is 13.4. The molecule has 2 aliphatic heterocycles. The number of pyridine rings is 1. The molecule has 31 heavy (non-hydrogen) atoms. The Kier molecular flexibility index (Phi) is 5.24. The Morgan fingerprint density at radius 1 is 1.23 bits per heavy atom. The van der Waals surface area contributed by atoms with E-state index in [1.165, 1.54) is 0 Å². The van der Waals surface area contributed by atoms with Crippen LogP contribution in [0.4, 0.5) is 11.5 Å². The Hall–Kier alpha value is -3.29. The first-order valence-corrected chi connectivity index (χ1v) is 10.4. The van der Waals surface area contributed by atoms with Gasteiger partial charge in [0.15, 0.2) is 5.82 Å². The number of nitrogens with one attached hydrogen (secondary N) is 2. The molecule has 1 fully saturated rings. The molecule has 1 aromatic carbocycles. The van der Waals surface area contributed by atoms with Gasteiger partial charge in [0.25, 0.3) is 5.91 Å². The van der Waals surface area contributed by atoms with E-state index in [0.29, 0.717) is 30.2 Å². The standard InChI is InChI=1S/C23H29N5O3/c1-22(2,3)27-21-23(26-17-7-6-11-24-19(17)25-21)10-12-28(14-23)20(29)16-9-8-15(30-4)13-18(16)31-5/h6-9,11,13,26H,10,12,14H2,1-5H3,(H,24,25,27). The Bertz CT molecular complexity index is 1030. The lowest BCUT2D eigenvalue weighted by molar-refractivity contribution is 0.0786. The topological polar surface area (TPSA) is 88.1 Å². The number of carbonyl (C=O) groups excluding carboxylic acids is 1. The third kappa shape index (κ3) is 4.02. The number of ether oxygens (including phenoxy) is 2. The smallest absolute Gasteiger partial charge is 0.257 e. The van der Waals surface area contributed by atoms with Gasteiger partial charge in [-0.25, -0.2) is 4.98 Å². The van der Waals surface area contributed by atoms with Gasteiger partial charge < -0.3 is 25.0 Å². The minimum absolute atomic E-state index is 0.0785. The minimum atomic E-state index is -0.501. The maximum atomic E-state index is 13.4. The molecule has 1 aromatic heterocycles. The van der Waals surface area contributed by atoms with E-state index in [1.54, 1.807) is 38.6 Å². The molecule has 8 nitrogen and oxygen atoms in total. The van der Waals surface area contributed by atoms with E-state index in [-0.39, 0.29) is 11.4 Å². The first-order valence-electron chi connectivity index (χ1n) is 10.4. The lowest BCUT2D eigenvalue weighted by Gasteiger charge is -2.39. The van der Waals surface area contributed by atoms with Crippen molar-refractivity contribution in [3.8, 4) is 11.5 Å². The van der Waals surface area contributed by atoms with Crippen LogP contribution in [0.15, 0.2) is 41.5 Å². The third-order valence-electron chi connectivity index (χ3n) is 5.51. The highest BCUT2D eigenvalue weighted by atomic mass is 16.5. The number of likely N-dealkylation sites (tertiary alicyclic amines) is 1. The van der Waals surface area contributed by atoms with E-state index in [1.807, 2.05) is 17.0 Å². The van der Waals surface area contributed by atoms with Crippen LogP contribution in [0.25, 0.3) is 0 Å². The van der Waals surface area contributed by atoms with Crippen molar-refractivity contribution in [1.29, 1.82) is 0 Å². The van der Waals surface area contributed by atoms with Gasteiger partial charge in [-0.1, -0.05) is 0 Å². The summed E-state index contributed by atoms with van der Waals surface area (Å²) in [6.45, 7) is 7.26. The Balaban J connectivity index is 1.66. The molecule has 164 valence electrons. The summed E-state index contributed by atoms with van der Waals surface area (Å²) in [6, 6.07) is 9.14. The molecule has 0 bridgehead atoms. The van der Waals surface area contributed by atoms with Gasteiger partial charge in [-0.2, -0.15) is 0 Å². The molecule has 1 amide bonds. The molecule has 1 unspecified atom stereocenters. The van der Waals surface area contributed by atoms with Crippen molar-refractivity contribution < 1.29 is 14.3 Å². The van der Waals surface area contributed by atoms with E-state index in [9.17, 15) is 4.79 Å². The summed E-state index contributed by atoms with van der Waals surface area (Å²) in [6.07, 6.45) is 2.48. The minimum Gasteiger partial charge on any atom is -0.497 e. The summed E-state index contributed by atoms with van der Waals surface area (Å²) in [5.74, 6) is 2.62. The SMILES string of the molecule is COc1ccc(C(=O)N2CCC3(C2)Nc2cccnc2NC3=NC(C)(C)C)c(OC)c1. The first kappa shape index (κ1) is 21.0. The van der Waals surface area contributed by atoms with E-state index < -0.39 is 5.54 Å². The molecule has 0 aliphatic carbocycles. The number of methoxy groups -OCH3 is 2. The summed E-state index contributed by atoms with van der Waals surface area (Å²) in [4.78, 5) is 24.6.